The molecule has 1 aromatic carbocycles. The van der Waals surface area contributed by atoms with Crippen LogP contribution in [0.2, 0.25) is 0 Å². The molecular weight excluding hydrogens is 327 g/mol. The minimum absolute atomic E-state index is 0.0228. The van der Waals surface area contributed by atoms with Gasteiger partial charge in [-0.15, -0.1) is 0 Å². The number of halogens is 1. The summed E-state index contributed by atoms with van der Waals surface area (Å²) in [6.45, 7) is 7.28. The van der Waals surface area contributed by atoms with Crippen LogP contribution in [0.15, 0.2) is 18.2 Å². The van der Waals surface area contributed by atoms with Crippen molar-refractivity contribution >= 4 is 17.7 Å². The molecule has 1 aliphatic heterocycles. The number of anilines is 1. The van der Waals surface area contributed by atoms with Gasteiger partial charge in [-0.25, -0.2) is 14.0 Å². The second-order valence-electron chi connectivity index (χ2n) is 7.28. The van der Waals surface area contributed by atoms with Crippen molar-refractivity contribution in [3.05, 3.63) is 29.6 Å². The second kappa shape index (κ2) is 7.72. The molecule has 25 heavy (non-hydrogen) atoms. The van der Waals surface area contributed by atoms with Crippen molar-refractivity contribution in [3.63, 3.8) is 0 Å². The molecule has 0 radical (unpaired) electrons. The van der Waals surface area contributed by atoms with Crippen LogP contribution in [0.5, 0.6) is 0 Å². The summed E-state index contributed by atoms with van der Waals surface area (Å²) in [5.41, 5.74) is -0.0127. The Labute approximate surface area is 147 Å². The van der Waals surface area contributed by atoms with Crippen LogP contribution in [-0.4, -0.2) is 42.4 Å². The van der Waals surface area contributed by atoms with Crippen LogP contribution in [0.1, 0.15) is 44.0 Å². The van der Waals surface area contributed by atoms with E-state index in [4.69, 9.17) is 4.74 Å². The average Bonchev–Trinajstić information content (AvgIpc) is 2.52. The quantitative estimate of drug-likeness (QED) is 0.869. The maximum Gasteiger partial charge on any atom is 0.407 e. The molecule has 6 nitrogen and oxygen atoms in total. The molecule has 1 heterocycles. The number of benzene rings is 1. The predicted octanol–water partition coefficient (Wildman–Crippen LogP) is 3.27. The van der Waals surface area contributed by atoms with Crippen molar-refractivity contribution in [2.75, 3.05) is 24.5 Å². The number of hydrogen-bond donors (Lipinski definition) is 2. The van der Waals surface area contributed by atoms with Gasteiger partial charge in [0.05, 0.1) is 11.3 Å². The number of piperidine rings is 1. The Bertz CT molecular complexity index is 634. The number of amides is 1. The van der Waals surface area contributed by atoms with Gasteiger partial charge >= 0.3 is 12.1 Å². The predicted molar refractivity (Wildman–Crippen MR) is 92.5 cm³/mol. The Morgan fingerprint density at radius 2 is 1.96 bits per heavy atom. The fraction of sp³-hybridized carbons (Fsp3) is 0.556. The Hall–Kier alpha value is -2.31. The Morgan fingerprint density at radius 3 is 2.52 bits per heavy atom. The van der Waals surface area contributed by atoms with E-state index < -0.39 is 23.5 Å². The van der Waals surface area contributed by atoms with E-state index in [0.717, 1.165) is 18.9 Å². The molecule has 1 saturated heterocycles. The van der Waals surface area contributed by atoms with Crippen molar-refractivity contribution in [1.29, 1.82) is 0 Å². The summed E-state index contributed by atoms with van der Waals surface area (Å²) in [5.74, 6) is -1.39. The second-order valence-corrected chi connectivity index (χ2v) is 7.28. The fourth-order valence-electron chi connectivity index (χ4n) is 2.88. The molecule has 0 aromatic heterocycles. The maximum atomic E-state index is 13.3. The summed E-state index contributed by atoms with van der Waals surface area (Å²) in [6.07, 6.45) is 1.19. The van der Waals surface area contributed by atoms with Crippen molar-refractivity contribution < 1.29 is 23.8 Å². The molecule has 0 bridgehead atoms. The van der Waals surface area contributed by atoms with E-state index in [1.54, 1.807) is 0 Å². The van der Waals surface area contributed by atoms with Gasteiger partial charge in [0.2, 0.25) is 0 Å². The van der Waals surface area contributed by atoms with Gasteiger partial charge in [0.15, 0.2) is 0 Å². The van der Waals surface area contributed by atoms with Gasteiger partial charge in [-0.1, -0.05) is 0 Å². The molecule has 0 saturated carbocycles. The van der Waals surface area contributed by atoms with Crippen LogP contribution in [0.3, 0.4) is 0 Å². The zero-order valence-electron chi connectivity index (χ0n) is 14.8. The first-order valence-electron chi connectivity index (χ1n) is 8.40. The summed E-state index contributed by atoms with van der Waals surface area (Å²) in [5, 5.41) is 12.0. The summed E-state index contributed by atoms with van der Waals surface area (Å²) < 4.78 is 18.5. The lowest BCUT2D eigenvalue weighted by Gasteiger charge is -2.34. The minimum atomic E-state index is -1.14. The van der Waals surface area contributed by atoms with E-state index in [1.165, 1.54) is 12.1 Å². The average molecular weight is 352 g/mol. The van der Waals surface area contributed by atoms with Crippen molar-refractivity contribution in [3.8, 4) is 0 Å². The number of hydrogen-bond acceptors (Lipinski definition) is 4. The number of carboxylic acid groups (broad SMARTS) is 1. The lowest BCUT2D eigenvalue weighted by molar-refractivity contribution is 0.0516. The number of nitrogens with one attached hydrogen (secondary N) is 1. The van der Waals surface area contributed by atoms with E-state index in [0.29, 0.717) is 31.2 Å². The van der Waals surface area contributed by atoms with Gasteiger partial charge in [-0.2, -0.15) is 0 Å². The molecule has 0 atom stereocenters. The first kappa shape index (κ1) is 19.0. The highest BCUT2D eigenvalue weighted by molar-refractivity contribution is 5.94. The van der Waals surface area contributed by atoms with Crippen LogP contribution >= 0.6 is 0 Å². The first-order valence-corrected chi connectivity index (χ1v) is 8.40. The minimum Gasteiger partial charge on any atom is -0.478 e. The van der Waals surface area contributed by atoms with E-state index in [-0.39, 0.29) is 5.56 Å². The van der Waals surface area contributed by atoms with Gasteiger partial charge in [0.25, 0.3) is 0 Å². The smallest absolute Gasteiger partial charge is 0.407 e. The molecule has 1 aliphatic rings. The van der Waals surface area contributed by atoms with E-state index in [9.17, 15) is 19.1 Å². The highest BCUT2D eigenvalue weighted by Gasteiger charge is 2.24. The number of nitrogens with zero attached hydrogens (tertiary/aromatic N) is 1. The molecular formula is C18H25FN2O4. The Kier molecular flexibility index (Phi) is 5.87. The maximum absolute atomic E-state index is 13.3. The number of ether oxygens (including phenoxy) is 1. The number of alkyl carbamates (subject to hydrolysis) is 1. The van der Waals surface area contributed by atoms with Gasteiger partial charge in [0.1, 0.15) is 11.4 Å². The van der Waals surface area contributed by atoms with Crippen molar-refractivity contribution in [2.24, 2.45) is 5.92 Å². The summed E-state index contributed by atoms with van der Waals surface area (Å²) in [6, 6.07) is 3.84. The molecule has 1 fully saturated rings. The van der Waals surface area contributed by atoms with Crippen LogP contribution in [0, 0.1) is 11.7 Å². The van der Waals surface area contributed by atoms with Crippen molar-refractivity contribution in [1.82, 2.24) is 5.32 Å². The fourth-order valence-corrected chi connectivity index (χ4v) is 2.88. The lowest BCUT2D eigenvalue weighted by atomic mass is 9.96. The molecule has 0 spiro atoms. The monoisotopic (exact) mass is 352 g/mol. The first-order chi connectivity index (χ1) is 11.7. The van der Waals surface area contributed by atoms with Gasteiger partial charge in [-0.05, 0) is 57.7 Å². The van der Waals surface area contributed by atoms with Gasteiger partial charge < -0.3 is 20.1 Å². The number of carboxylic acids is 1. The number of carbonyl (C=O) groups excluding carboxylic acids is 1. The van der Waals surface area contributed by atoms with Gasteiger partial charge in [-0.3, -0.25) is 0 Å². The molecule has 2 rings (SSSR count). The van der Waals surface area contributed by atoms with E-state index in [2.05, 4.69) is 5.32 Å². The van der Waals surface area contributed by atoms with Gasteiger partial charge in [0, 0.05) is 19.6 Å². The van der Waals surface area contributed by atoms with Crippen molar-refractivity contribution in [2.45, 2.75) is 39.2 Å². The van der Waals surface area contributed by atoms with Crippen LogP contribution in [0.4, 0.5) is 14.9 Å². The highest BCUT2D eigenvalue weighted by Crippen LogP contribution is 2.27. The summed E-state index contributed by atoms with van der Waals surface area (Å²) in [4.78, 5) is 25.0. The molecule has 1 aromatic rings. The third-order valence-electron chi connectivity index (χ3n) is 4.08. The standard InChI is InChI=1S/C18H25FN2O4/c1-18(2,3)25-17(24)20-11-12-6-8-21(9-7-12)15-5-4-13(19)10-14(15)16(22)23/h4-5,10,12H,6-9,11H2,1-3H3,(H,20,24)(H,22,23). The molecule has 0 unspecified atom stereocenters. The summed E-state index contributed by atoms with van der Waals surface area (Å²) >= 11 is 0. The van der Waals surface area contributed by atoms with E-state index in [1.807, 2.05) is 25.7 Å². The SMILES string of the molecule is CC(C)(C)OC(=O)NCC1CCN(c2ccc(F)cc2C(=O)O)CC1. The molecule has 0 aliphatic carbocycles. The largest absolute Gasteiger partial charge is 0.478 e. The van der Waals surface area contributed by atoms with Crippen LogP contribution in [0.25, 0.3) is 0 Å². The topological polar surface area (TPSA) is 78.9 Å². The Balaban J connectivity index is 1.88. The zero-order chi connectivity index (χ0) is 18.6. The summed E-state index contributed by atoms with van der Waals surface area (Å²) in [7, 11) is 0. The molecule has 7 heteroatoms. The third kappa shape index (κ3) is 5.62. The highest BCUT2D eigenvalue weighted by atomic mass is 19.1. The number of rotatable bonds is 4. The molecule has 1 amide bonds. The number of carbonyl (C=O) groups is 2. The number of aromatic carboxylic acids is 1. The van der Waals surface area contributed by atoms with Crippen LogP contribution < -0.4 is 10.2 Å². The van der Waals surface area contributed by atoms with Crippen LogP contribution in [-0.2, 0) is 4.74 Å². The van der Waals surface area contributed by atoms with E-state index >= 15 is 0 Å². The third-order valence-corrected chi connectivity index (χ3v) is 4.08. The molecule has 138 valence electrons. The zero-order valence-corrected chi connectivity index (χ0v) is 14.8. The normalized spacial score (nSPS) is 15.8. The molecule has 2 N–H and O–H groups in total. The lowest BCUT2D eigenvalue weighted by Crippen LogP contribution is -2.40. The Morgan fingerprint density at radius 1 is 1.32 bits per heavy atom.